The summed E-state index contributed by atoms with van der Waals surface area (Å²) < 4.78 is 7.55. The average Bonchev–Trinajstić information content (AvgIpc) is 2.75. The lowest BCUT2D eigenvalue weighted by molar-refractivity contribution is 0.0168. The highest BCUT2D eigenvalue weighted by Crippen LogP contribution is 2.16. The summed E-state index contributed by atoms with van der Waals surface area (Å²) in [6.45, 7) is 4.69. The number of rotatable bonds is 4. The second kappa shape index (κ2) is 5.89. The van der Waals surface area contributed by atoms with Gasteiger partial charge in [0.25, 0.3) is 0 Å². The number of aryl methyl sites for hydroxylation is 2. The molecule has 1 fully saturated rings. The minimum Gasteiger partial charge on any atom is -0.377 e. The molecule has 20 heavy (non-hydrogen) atoms. The third-order valence-electron chi connectivity index (χ3n) is 3.89. The first-order valence-corrected chi connectivity index (χ1v) is 7.34. The summed E-state index contributed by atoms with van der Waals surface area (Å²) in [5.41, 5.74) is 3.18. The molecule has 1 saturated heterocycles. The van der Waals surface area contributed by atoms with Gasteiger partial charge in [0.15, 0.2) is 5.65 Å². The second-order valence-corrected chi connectivity index (χ2v) is 5.54. The number of pyridine rings is 1. The molecule has 0 bridgehead atoms. The van der Waals surface area contributed by atoms with Crippen molar-refractivity contribution in [3.8, 4) is 0 Å². The molecule has 2 aromatic rings. The molecule has 0 aromatic carbocycles. The van der Waals surface area contributed by atoms with Crippen molar-refractivity contribution in [3.05, 3.63) is 23.5 Å². The van der Waals surface area contributed by atoms with Crippen LogP contribution in [-0.4, -0.2) is 34.0 Å². The molecule has 5 nitrogen and oxygen atoms in total. The van der Waals surface area contributed by atoms with Crippen molar-refractivity contribution in [3.63, 3.8) is 0 Å². The highest BCUT2D eigenvalue weighted by Gasteiger charge is 2.13. The van der Waals surface area contributed by atoms with Gasteiger partial charge in [-0.3, -0.25) is 4.68 Å². The second-order valence-electron chi connectivity index (χ2n) is 5.54. The number of nitrogens with zero attached hydrogens (tertiary/aromatic N) is 3. The first-order valence-electron chi connectivity index (χ1n) is 7.34. The van der Waals surface area contributed by atoms with Crippen LogP contribution in [-0.2, 0) is 18.3 Å². The van der Waals surface area contributed by atoms with Gasteiger partial charge in [0.05, 0.1) is 11.8 Å². The Morgan fingerprint density at radius 2 is 2.35 bits per heavy atom. The third-order valence-corrected chi connectivity index (χ3v) is 3.89. The van der Waals surface area contributed by atoms with Crippen LogP contribution >= 0.6 is 0 Å². The maximum absolute atomic E-state index is 5.72. The van der Waals surface area contributed by atoms with Crippen molar-refractivity contribution in [2.75, 3.05) is 13.2 Å². The van der Waals surface area contributed by atoms with Crippen LogP contribution in [0.5, 0.6) is 0 Å². The van der Waals surface area contributed by atoms with Crippen LogP contribution in [0, 0.1) is 6.92 Å². The van der Waals surface area contributed by atoms with Crippen molar-refractivity contribution in [2.24, 2.45) is 7.05 Å². The van der Waals surface area contributed by atoms with Crippen molar-refractivity contribution in [1.82, 2.24) is 20.1 Å². The van der Waals surface area contributed by atoms with Crippen LogP contribution in [0.4, 0.5) is 0 Å². The van der Waals surface area contributed by atoms with Gasteiger partial charge in [-0.05, 0) is 37.8 Å². The van der Waals surface area contributed by atoms with Gasteiger partial charge >= 0.3 is 0 Å². The van der Waals surface area contributed by atoms with Crippen LogP contribution in [0.1, 0.15) is 30.5 Å². The van der Waals surface area contributed by atoms with E-state index < -0.39 is 0 Å². The van der Waals surface area contributed by atoms with Gasteiger partial charge in [-0.2, -0.15) is 5.10 Å². The summed E-state index contributed by atoms with van der Waals surface area (Å²) >= 11 is 0. The Kier molecular flexibility index (Phi) is 3.98. The Morgan fingerprint density at radius 1 is 1.45 bits per heavy atom. The van der Waals surface area contributed by atoms with Crippen molar-refractivity contribution in [2.45, 2.75) is 38.8 Å². The topological polar surface area (TPSA) is 52.0 Å². The molecular weight excluding hydrogens is 252 g/mol. The van der Waals surface area contributed by atoms with E-state index in [4.69, 9.17) is 4.74 Å². The van der Waals surface area contributed by atoms with Crippen LogP contribution in [0.3, 0.4) is 0 Å². The molecule has 0 radical (unpaired) electrons. The molecule has 1 atom stereocenters. The van der Waals surface area contributed by atoms with Gasteiger partial charge in [0.2, 0.25) is 0 Å². The summed E-state index contributed by atoms with van der Waals surface area (Å²) in [6.07, 6.45) is 5.97. The summed E-state index contributed by atoms with van der Waals surface area (Å²) in [4.78, 5) is 4.50. The zero-order chi connectivity index (χ0) is 13.9. The van der Waals surface area contributed by atoms with E-state index in [1.807, 2.05) is 24.9 Å². The fraction of sp³-hybridized carbons (Fsp3) is 0.600. The highest BCUT2D eigenvalue weighted by atomic mass is 16.5. The Balaban J connectivity index is 1.61. The fourth-order valence-corrected chi connectivity index (χ4v) is 2.79. The van der Waals surface area contributed by atoms with Gasteiger partial charge in [-0.15, -0.1) is 0 Å². The van der Waals surface area contributed by atoms with Gasteiger partial charge in [-0.1, -0.05) is 0 Å². The van der Waals surface area contributed by atoms with E-state index in [2.05, 4.69) is 21.5 Å². The monoisotopic (exact) mass is 274 g/mol. The smallest absolute Gasteiger partial charge is 0.157 e. The van der Waals surface area contributed by atoms with Gasteiger partial charge in [0.1, 0.15) is 0 Å². The van der Waals surface area contributed by atoms with E-state index in [0.717, 1.165) is 36.4 Å². The van der Waals surface area contributed by atoms with E-state index in [9.17, 15) is 0 Å². The molecule has 3 rings (SSSR count). The number of hydrogen-bond acceptors (Lipinski definition) is 4. The lowest BCUT2D eigenvalue weighted by atomic mass is 10.1. The van der Waals surface area contributed by atoms with E-state index >= 15 is 0 Å². The van der Waals surface area contributed by atoms with Crippen LogP contribution in [0.2, 0.25) is 0 Å². The lowest BCUT2D eigenvalue weighted by Crippen LogP contribution is -2.31. The lowest BCUT2D eigenvalue weighted by Gasteiger charge is -2.22. The molecule has 1 aliphatic heterocycles. The molecule has 5 heteroatoms. The minimum atomic E-state index is 0.376. The van der Waals surface area contributed by atoms with Gasteiger partial charge in [-0.25, -0.2) is 4.98 Å². The Hall–Kier alpha value is -1.46. The Morgan fingerprint density at radius 3 is 3.15 bits per heavy atom. The summed E-state index contributed by atoms with van der Waals surface area (Å²) in [5, 5.41) is 9.01. The zero-order valence-electron chi connectivity index (χ0n) is 12.2. The zero-order valence-corrected chi connectivity index (χ0v) is 12.2. The molecular formula is C15H22N4O. The standard InChI is InChI=1S/C15H22N4O/c1-11-14-7-12(9-17-15(14)19(2)18-11)8-16-10-13-5-3-4-6-20-13/h7,9,13,16H,3-6,8,10H2,1-2H3. The first kappa shape index (κ1) is 13.5. The molecule has 3 heterocycles. The predicted octanol–water partition coefficient (Wildman–Crippen LogP) is 1.94. The summed E-state index contributed by atoms with van der Waals surface area (Å²) in [5.74, 6) is 0. The largest absolute Gasteiger partial charge is 0.377 e. The molecule has 1 aliphatic rings. The minimum absolute atomic E-state index is 0.376. The Bertz CT molecular complexity index is 587. The first-order chi connectivity index (χ1) is 9.74. The molecule has 108 valence electrons. The summed E-state index contributed by atoms with van der Waals surface area (Å²) in [7, 11) is 1.93. The maximum Gasteiger partial charge on any atom is 0.157 e. The van der Waals surface area contributed by atoms with Crippen LogP contribution in [0.25, 0.3) is 11.0 Å². The Labute approximate surface area is 119 Å². The predicted molar refractivity (Wildman–Crippen MR) is 78.5 cm³/mol. The van der Waals surface area contributed by atoms with Crippen molar-refractivity contribution in [1.29, 1.82) is 0 Å². The quantitative estimate of drug-likeness (QED) is 0.925. The fourth-order valence-electron chi connectivity index (χ4n) is 2.79. The van der Waals surface area contributed by atoms with Crippen LogP contribution < -0.4 is 5.32 Å². The van der Waals surface area contributed by atoms with Gasteiger partial charge < -0.3 is 10.1 Å². The number of ether oxygens (including phenoxy) is 1. The molecule has 2 aromatic heterocycles. The van der Waals surface area contributed by atoms with Crippen molar-refractivity contribution >= 4 is 11.0 Å². The molecule has 0 saturated carbocycles. The normalized spacial score (nSPS) is 19.6. The van der Waals surface area contributed by atoms with E-state index in [0.29, 0.717) is 6.10 Å². The van der Waals surface area contributed by atoms with Crippen molar-refractivity contribution < 1.29 is 4.74 Å². The number of hydrogen-bond donors (Lipinski definition) is 1. The van der Waals surface area contributed by atoms with E-state index in [-0.39, 0.29) is 0 Å². The number of aromatic nitrogens is 3. The molecule has 1 unspecified atom stereocenters. The molecule has 0 aliphatic carbocycles. The van der Waals surface area contributed by atoms with Gasteiger partial charge in [0, 0.05) is 38.3 Å². The van der Waals surface area contributed by atoms with E-state index in [1.165, 1.54) is 24.8 Å². The number of fused-ring (bicyclic) bond motifs is 1. The highest BCUT2D eigenvalue weighted by molar-refractivity contribution is 5.78. The van der Waals surface area contributed by atoms with Crippen LogP contribution in [0.15, 0.2) is 12.3 Å². The maximum atomic E-state index is 5.72. The average molecular weight is 274 g/mol. The SMILES string of the molecule is Cc1nn(C)c2ncc(CNCC3CCCCO3)cc12. The summed E-state index contributed by atoms with van der Waals surface area (Å²) in [6, 6.07) is 2.18. The molecule has 0 spiro atoms. The third kappa shape index (κ3) is 2.83. The molecule has 0 amide bonds. The number of nitrogens with one attached hydrogen (secondary N) is 1. The molecule has 1 N–H and O–H groups in total. The van der Waals surface area contributed by atoms with E-state index in [1.54, 1.807) is 0 Å².